The highest BCUT2D eigenvalue weighted by Crippen LogP contribution is 2.28. The topological polar surface area (TPSA) is 70.1 Å². The first-order valence-electron chi connectivity index (χ1n) is 9.33. The number of rotatable bonds is 6. The maximum absolute atomic E-state index is 6.04. The summed E-state index contributed by atoms with van der Waals surface area (Å²) in [7, 11) is 0. The summed E-state index contributed by atoms with van der Waals surface area (Å²) in [6.07, 6.45) is 1.87. The van der Waals surface area contributed by atoms with Gasteiger partial charge >= 0.3 is 0 Å². The molecule has 150 valence electrons. The molecular formula is C21H17ClN6OS. The second-order valence-electron chi connectivity index (χ2n) is 6.71. The van der Waals surface area contributed by atoms with E-state index in [-0.39, 0.29) is 0 Å². The second-order valence-corrected chi connectivity index (χ2v) is 8.31. The number of aromatic nitrogens is 6. The minimum atomic E-state index is 0.337. The molecule has 5 rings (SSSR count). The molecule has 3 aromatic heterocycles. The zero-order valence-electron chi connectivity index (χ0n) is 16.1. The zero-order valence-corrected chi connectivity index (χ0v) is 17.6. The summed E-state index contributed by atoms with van der Waals surface area (Å²) in [6.45, 7) is 2.65. The van der Waals surface area contributed by atoms with E-state index in [4.69, 9.17) is 21.3 Å². The molecule has 5 aromatic rings. The number of aryl methyl sites for hydroxylation is 1. The van der Waals surface area contributed by atoms with Crippen molar-refractivity contribution in [3.05, 3.63) is 82.2 Å². The molecule has 0 bridgehead atoms. The third kappa shape index (κ3) is 3.72. The van der Waals surface area contributed by atoms with Gasteiger partial charge in [-0.2, -0.15) is 5.10 Å². The molecular weight excluding hydrogens is 420 g/mol. The fraction of sp³-hybridized carbons (Fsp3) is 0.143. The molecule has 0 saturated carbocycles. The molecule has 0 N–H and O–H groups in total. The summed E-state index contributed by atoms with van der Waals surface area (Å²) < 4.78 is 9.57. The molecule has 0 unspecified atom stereocenters. The molecule has 3 heterocycles. The van der Waals surface area contributed by atoms with Crippen LogP contribution in [0.25, 0.3) is 21.9 Å². The number of nitrogens with zero attached hydrogens (tertiary/aromatic N) is 6. The number of para-hydroxylation sites is 1. The highest BCUT2D eigenvalue weighted by atomic mass is 35.5. The number of benzene rings is 2. The Hall–Kier alpha value is -3.07. The predicted molar refractivity (Wildman–Crippen MR) is 116 cm³/mol. The van der Waals surface area contributed by atoms with Crippen LogP contribution in [0.15, 0.2) is 60.8 Å². The van der Waals surface area contributed by atoms with E-state index in [1.807, 2.05) is 72.2 Å². The van der Waals surface area contributed by atoms with Crippen LogP contribution in [-0.2, 0) is 18.0 Å². The third-order valence-corrected chi connectivity index (χ3v) is 5.64. The molecule has 0 aliphatic heterocycles. The molecule has 0 amide bonds. The highest BCUT2D eigenvalue weighted by molar-refractivity contribution is 7.16. The molecule has 7 nitrogen and oxygen atoms in total. The Morgan fingerprint density at radius 2 is 1.83 bits per heavy atom. The van der Waals surface area contributed by atoms with Crippen molar-refractivity contribution in [2.45, 2.75) is 20.1 Å². The van der Waals surface area contributed by atoms with Crippen LogP contribution in [0.4, 0.5) is 0 Å². The van der Waals surface area contributed by atoms with E-state index in [1.165, 1.54) is 0 Å². The van der Waals surface area contributed by atoms with Crippen LogP contribution in [0.1, 0.15) is 16.4 Å². The SMILES string of the molecule is Cc1nn2c(COCc3cn(-c4ccccc4)nn3)c(-c3ccc(Cl)cc3)nc2s1. The van der Waals surface area contributed by atoms with E-state index >= 15 is 0 Å². The smallest absolute Gasteiger partial charge is 0.213 e. The summed E-state index contributed by atoms with van der Waals surface area (Å²) in [5, 5.41) is 14.6. The normalized spacial score (nSPS) is 11.4. The molecule has 0 radical (unpaired) electrons. The lowest BCUT2D eigenvalue weighted by Crippen LogP contribution is -2.01. The Balaban J connectivity index is 1.37. The maximum Gasteiger partial charge on any atom is 0.213 e. The van der Waals surface area contributed by atoms with Gasteiger partial charge in [0.2, 0.25) is 4.96 Å². The van der Waals surface area contributed by atoms with Gasteiger partial charge in [-0.1, -0.05) is 58.5 Å². The molecule has 0 spiro atoms. The van der Waals surface area contributed by atoms with Crippen LogP contribution in [0.3, 0.4) is 0 Å². The van der Waals surface area contributed by atoms with Crippen molar-refractivity contribution in [1.29, 1.82) is 0 Å². The van der Waals surface area contributed by atoms with E-state index in [9.17, 15) is 0 Å². The molecule has 9 heteroatoms. The Bertz CT molecular complexity index is 1290. The molecule has 30 heavy (non-hydrogen) atoms. The number of halogens is 1. The Labute approximate surface area is 181 Å². The summed E-state index contributed by atoms with van der Waals surface area (Å²) >= 11 is 7.59. The van der Waals surface area contributed by atoms with Crippen LogP contribution in [0, 0.1) is 6.92 Å². The predicted octanol–water partition coefficient (Wildman–Crippen LogP) is 4.72. The van der Waals surface area contributed by atoms with Crippen LogP contribution in [0.5, 0.6) is 0 Å². The van der Waals surface area contributed by atoms with Crippen molar-refractivity contribution >= 4 is 27.9 Å². The van der Waals surface area contributed by atoms with Crippen LogP contribution in [0.2, 0.25) is 5.02 Å². The largest absolute Gasteiger partial charge is 0.369 e. The highest BCUT2D eigenvalue weighted by Gasteiger charge is 2.17. The van der Waals surface area contributed by atoms with Gasteiger partial charge in [0, 0.05) is 10.6 Å². The molecule has 0 fully saturated rings. The van der Waals surface area contributed by atoms with Crippen molar-refractivity contribution in [1.82, 2.24) is 29.6 Å². The van der Waals surface area contributed by atoms with E-state index in [2.05, 4.69) is 15.4 Å². The van der Waals surface area contributed by atoms with Crippen molar-refractivity contribution in [2.75, 3.05) is 0 Å². The number of ether oxygens (including phenoxy) is 1. The first-order chi connectivity index (χ1) is 14.7. The standard InChI is InChI=1S/C21H17ClN6OS/c1-14-25-28-19(20(23-21(28)30-14)15-7-9-16(22)10-8-15)13-29-12-17-11-27(26-24-17)18-5-3-2-4-6-18/h2-11H,12-13H2,1H3. The quantitative estimate of drug-likeness (QED) is 0.385. The minimum absolute atomic E-state index is 0.337. The van der Waals surface area contributed by atoms with Crippen molar-refractivity contribution in [3.63, 3.8) is 0 Å². The van der Waals surface area contributed by atoms with Gasteiger partial charge in [-0.3, -0.25) is 0 Å². The van der Waals surface area contributed by atoms with Gasteiger partial charge in [0.1, 0.15) is 10.7 Å². The fourth-order valence-corrected chi connectivity index (χ4v) is 4.07. The fourth-order valence-electron chi connectivity index (χ4n) is 3.18. The summed E-state index contributed by atoms with van der Waals surface area (Å²) in [4.78, 5) is 5.61. The number of imidazole rings is 1. The van der Waals surface area contributed by atoms with Gasteiger partial charge in [0.05, 0.1) is 36.5 Å². The molecule has 0 aliphatic carbocycles. The van der Waals surface area contributed by atoms with E-state index in [0.29, 0.717) is 18.2 Å². The van der Waals surface area contributed by atoms with Crippen LogP contribution >= 0.6 is 22.9 Å². The number of fused-ring (bicyclic) bond motifs is 1. The lowest BCUT2D eigenvalue weighted by molar-refractivity contribution is 0.101. The Morgan fingerprint density at radius 1 is 1.03 bits per heavy atom. The van der Waals surface area contributed by atoms with E-state index in [1.54, 1.807) is 16.0 Å². The molecule has 0 atom stereocenters. The summed E-state index contributed by atoms with van der Waals surface area (Å²) in [5.74, 6) is 0. The molecule has 2 aromatic carbocycles. The number of hydrogen-bond acceptors (Lipinski definition) is 6. The second kappa shape index (κ2) is 7.98. The van der Waals surface area contributed by atoms with Crippen molar-refractivity contribution in [3.8, 4) is 16.9 Å². The van der Waals surface area contributed by atoms with Gasteiger partial charge in [0.25, 0.3) is 0 Å². The van der Waals surface area contributed by atoms with E-state index in [0.717, 1.165) is 38.3 Å². The third-order valence-electron chi connectivity index (χ3n) is 4.57. The van der Waals surface area contributed by atoms with Crippen molar-refractivity contribution in [2.24, 2.45) is 0 Å². The first-order valence-corrected chi connectivity index (χ1v) is 10.5. The monoisotopic (exact) mass is 436 g/mol. The summed E-state index contributed by atoms with van der Waals surface area (Å²) in [6, 6.07) is 17.5. The van der Waals surface area contributed by atoms with Crippen molar-refractivity contribution < 1.29 is 4.74 Å². The van der Waals surface area contributed by atoms with E-state index < -0.39 is 0 Å². The maximum atomic E-state index is 6.04. The van der Waals surface area contributed by atoms with Gasteiger partial charge in [-0.25, -0.2) is 14.2 Å². The molecule has 0 aliphatic rings. The van der Waals surface area contributed by atoms with Crippen LogP contribution < -0.4 is 0 Å². The average Bonchev–Trinajstić information content (AvgIpc) is 3.45. The average molecular weight is 437 g/mol. The lowest BCUT2D eigenvalue weighted by Gasteiger charge is -2.05. The first kappa shape index (κ1) is 18.9. The Kier molecular flexibility index (Phi) is 5.04. The number of hydrogen-bond donors (Lipinski definition) is 0. The van der Waals surface area contributed by atoms with Gasteiger partial charge in [0.15, 0.2) is 0 Å². The summed E-state index contributed by atoms with van der Waals surface area (Å²) in [5.41, 5.74) is 4.42. The Morgan fingerprint density at radius 3 is 2.63 bits per heavy atom. The van der Waals surface area contributed by atoms with Gasteiger partial charge in [-0.05, 0) is 31.2 Å². The van der Waals surface area contributed by atoms with Gasteiger partial charge in [-0.15, -0.1) is 5.10 Å². The van der Waals surface area contributed by atoms with Crippen LogP contribution in [-0.4, -0.2) is 29.6 Å². The molecule has 0 saturated heterocycles. The van der Waals surface area contributed by atoms with Gasteiger partial charge < -0.3 is 4.74 Å². The lowest BCUT2D eigenvalue weighted by atomic mass is 10.1. The minimum Gasteiger partial charge on any atom is -0.369 e. The zero-order chi connectivity index (χ0) is 20.5.